The number of carbonyl (C=O) groups is 1. The van der Waals surface area contributed by atoms with Crippen molar-refractivity contribution in [2.75, 3.05) is 24.7 Å². The van der Waals surface area contributed by atoms with E-state index in [0.717, 1.165) is 0 Å². The number of hydrogen-bond donors (Lipinski definition) is 1. The van der Waals surface area contributed by atoms with Crippen molar-refractivity contribution < 1.29 is 14.6 Å². The van der Waals surface area contributed by atoms with Crippen LogP contribution in [0.5, 0.6) is 0 Å². The number of thiazole rings is 1. The van der Waals surface area contributed by atoms with Crippen LogP contribution >= 0.6 is 27.3 Å². The summed E-state index contributed by atoms with van der Waals surface area (Å²) < 4.78 is 5.63. The molecular weight excluding hydrogens is 296 g/mol. The Morgan fingerprint density at radius 3 is 3.00 bits per heavy atom. The Bertz CT molecular complexity index is 345. The Labute approximate surface area is 106 Å². The second-order valence-corrected chi connectivity index (χ2v) is 5.02. The summed E-state index contributed by atoms with van der Waals surface area (Å²) in [5.74, 6) is 0.545. The third-order valence-electron chi connectivity index (χ3n) is 1.77. The molecule has 0 spiro atoms. The number of aromatic nitrogens is 1. The number of anilines is 1. The maximum absolute atomic E-state index is 11.6. The highest BCUT2D eigenvalue weighted by molar-refractivity contribution is 9.11. The number of amides is 1. The van der Waals surface area contributed by atoms with E-state index < -0.39 is 6.09 Å². The van der Waals surface area contributed by atoms with Crippen molar-refractivity contribution in [3.05, 3.63) is 9.30 Å². The summed E-state index contributed by atoms with van der Waals surface area (Å²) in [7, 11) is 0. The quantitative estimate of drug-likeness (QED) is 0.906. The van der Waals surface area contributed by atoms with Gasteiger partial charge in [-0.3, -0.25) is 4.90 Å². The molecule has 0 aliphatic carbocycles. The van der Waals surface area contributed by atoms with Crippen LogP contribution in [0.25, 0.3) is 0 Å². The van der Waals surface area contributed by atoms with Gasteiger partial charge in [-0.05, 0) is 29.3 Å². The molecule has 0 saturated carbocycles. The molecule has 5 nitrogen and oxygen atoms in total. The van der Waals surface area contributed by atoms with Crippen LogP contribution in [0.1, 0.15) is 13.3 Å². The molecule has 0 unspecified atom stereocenters. The molecule has 0 aromatic carbocycles. The zero-order chi connectivity index (χ0) is 12.0. The van der Waals surface area contributed by atoms with Gasteiger partial charge in [-0.25, -0.2) is 9.78 Å². The Hall–Kier alpha value is -0.660. The lowest BCUT2D eigenvalue weighted by atomic mass is 10.4. The van der Waals surface area contributed by atoms with Gasteiger partial charge in [0.1, 0.15) is 5.82 Å². The highest BCUT2D eigenvalue weighted by Gasteiger charge is 2.18. The van der Waals surface area contributed by atoms with Crippen molar-refractivity contribution in [1.29, 1.82) is 0 Å². The maximum atomic E-state index is 11.6. The Balaban J connectivity index is 2.74. The van der Waals surface area contributed by atoms with Crippen LogP contribution in [0.4, 0.5) is 10.6 Å². The minimum Gasteiger partial charge on any atom is -0.449 e. The van der Waals surface area contributed by atoms with E-state index in [2.05, 4.69) is 20.9 Å². The van der Waals surface area contributed by atoms with Crippen LogP contribution in [0, 0.1) is 0 Å². The predicted octanol–water partition coefficient (Wildman–Crippen LogP) is 2.25. The summed E-state index contributed by atoms with van der Waals surface area (Å²) in [5, 5.41) is 10.5. The van der Waals surface area contributed by atoms with Gasteiger partial charge in [0.05, 0.1) is 6.61 Å². The molecule has 1 amide bonds. The molecule has 1 aromatic heterocycles. The van der Waals surface area contributed by atoms with Gasteiger partial charge in [0.2, 0.25) is 0 Å². The van der Waals surface area contributed by atoms with E-state index in [9.17, 15) is 4.79 Å². The van der Waals surface area contributed by atoms with E-state index in [4.69, 9.17) is 9.84 Å². The monoisotopic (exact) mass is 308 g/mol. The van der Waals surface area contributed by atoms with Crippen molar-refractivity contribution in [2.24, 2.45) is 0 Å². The van der Waals surface area contributed by atoms with Gasteiger partial charge in [-0.1, -0.05) is 0 Å². The molecule has 0 bridgehead atoms. The number of halogens is 1. The van der Waals surface area contributed by atoms with Crippen molar-refractivity contribution in [1.82, 2.24) is 4.98 Å². The lowest BCUT2D eigenvalue weighted by Crippen LogP contribution is -2.33. The molecule has 16 heavy (non-hydrogen) atoms. The molecule has 90 valence electrons. The average molecular weight is 309 g/mol. The van der Waals surface area contributed by atoms with Crippen LogP contribution in [0.3, 0.4) is 0 Å². The fourth-order valence-corrected chi connectivity index (χ4v) is 2.09. The van der Waals surface area contributed by atoms with E-state index in [-0.39, 0.29) is 6.61 Å². The summed E-state index contributed by atoms with van der Waals surface area (Å²) >= 11 is 4.63. The van der Waals surface area contributed by atoms with Gasteiger partial charge < -0.3 is 9.84 Å². The highest BCUT2D eigenvalue weighted by atomic mass is 79.9. The summed E-state index contributed by atoms with van der Waals surface area (Å²) in [6.45, 7) is 2.49. The normalized spacial score (nSPS) is 10.2. The molecule has 1 N–H and O–H groups in total. The van der Waals surface area contributed by atoms with Gasteiger partial charge in [0.25, 0.3) is 0 Å². The van der Waals surface area contributed by atoms with Crippen LogP contribution < -0.4 is 4.90 Å². The van der Waals surface area contributed by atoms with Gasteiger partial charge in [0.15, 0.2) is 3.92 Å². The van der Waals surface area contributed by atoms with Gasteiger partial charge in [-0.15, -0.1) is 11.3 Å². The van der Waals surface area contributed by atoms with Gasteiger partial charge in [-0.2, -0.15) is 0 Å². The summed E-state index contributed by atoms with van der Waals surface area (Å²) in [5.41, 5.74) is 0. The molecule has 0 fully saturated rings. The molecule has 7 heteroatoms. The Kier molecular flexibility index (Phi) is 5.72. The number of carbonyl (C=O) groups excluding carboxylic acids is 1. The molecule has 0 saturated heterocycles. The zero-order valence-corrected chi connectivity index (χ0v) is 11.3. The molecule has 0 aliphatic rings. The SMILES string of the molecule is CCOC(=O)N(CCCO)c1csc(Br)n1. The number of hydrogen-bond acceptors (Lipinski definition) is 5. The molecular formula is C9H13BrN2O3S. The predicted molar refractivity (Wildman–Crippen MR) is 65.9 cm³/mol. The third kappa shape index (κ3) is 3.73. The van der Waals surface area contributed by atoms with Gasteiger partial charge >= 0.3 is 6.09 Å². The molecule has 1 heterocycles. The summed E-state index contributed by atoms with van der Waals surface area (Å²) in [4.78, 5) is 17.2. The largest absolute Gasteiger partial charge is 0.449 e. The van der Waals surface area contributed by atoms with Crippen LogP contribution in [-0.2, 0) is 4.74 Å². The van der Waals surface area contributed by atoms with Crippen LogP contribution in [0.2, 0.25) is 0 Å². The molecule has 0 radical (unpaired) electrons. The van der Waals surface area contributed by atoms with Crippen LogP contribution in [0.15, 0.2) is 9.30 Å². The number of aliphatic hydroxyl groups excluding tert-OH is 1. The Morgan fingerprint density at radius 2 is 2.50 bits per heavy atom. The minimum absolute atomic E-state index is 0.0290. The lowest BCUT2D eigenvalue weighted by molar-refractivity contribution is 0.159. The van der Waals surface area contributed by atoms with Crippen molar-refractivity contribution in [3.8, 4) is 0 Å². The van der Waals surface area contributed by atoms with Crippen molar-refractivity contribution >= 4 is 39.2 Å². The number of ether oxygens (including phenoxy) is 1. The first-order valence-corrected chi connectivity index (χ1v) is 6.52. The first-order valence-electron chi connectivity index (χ1n) is 4.85. The lowest BCUT2D eigenvalue weighted by Gasteiger charge is -2.18. The second kappa shape index (κ2) is 6.82. The number of rotatable bonds is 5. The smallest absolute Gasteiger partial charge is 0.415 e. The fraction of sp³-hybridized carbons (Fsp3) is 0.556. The van der Waals surface area contributed by atoms with Gasteiger partial charge in [0, 0.05) is 18.5 Å². The standard InChI is InChI=1S/C9H13BrN2O3S/c1-2-15-9(14)12(4-3-5-13)7-6-16-8(10)11-7/h6,13H,2-5H2,1H3. The van der Waals surface area contributed by atoms with E-state index in [1.807, 2.05) is 0 Å². The minimum atomic E-state index is -0.436. The second-order valence-electron chi connectivity index (χ2n) is 2.89. The highest BCUT2D eigenvalue weighted by Crippen LogP contribution is 2.23. The zero-order valence-electron chi connectivity index (χ0n) is 8.85. The Morgan fingerprint density at radius 1 is 1.75 bits per heavy atom. The van der Waals surface area contributed by atoms with E-state index in [1.54, 1.807) is 12.3 Å². The molecule has 0 atom stereocenters. The summed E-state index contributed by atoms with van der Waals surface area (Å²) in [6.07, 6.45) is 0.0577. The molecule has 1 aromatic rings. The number of aliphatic hydroxyl groups is 1. The van der Waals surface area contributed by atoms with E-state index in [1.165, 1.54) is 16.2 Å². The summed E-state index contributed by atoms with van der Waals surface area (Å²) in [6, 6.07) is 0. The number of nitrogens with zero attached hydrogens (tertiary/aromatic N) is 2. The van der Waals surface area contributed by atoms with Crippen LogP contribution in [-0.4, -0.2) is 35.9 Å². The fourth-order valence-electron chi connectivity index (χ4n) is 1.10. The molecule has 0 aliphatic heterocycles. The van der Waals surface area contributed by atoms with Crippen molar-refractivity contribution in [3.63, 3.8) is 0 Å². The van der Waals surface area contributed by atoms with E-state index >= 15 is 0 Å². The maximum Gasteiger partial charge on any atom is 0.415 e. The first-order chi connectivity index (χ1) is 7.69. The van der Waals surface area contributed by atoms with E-state index in [0.29, 0.717) is 29.3 Å². The van der Waals surface area contributed by atoms with Crippen molar-refractivity contribution in [2.45, 2.75) is 13.3 Å². The average Bonchev–Trinajstić information content (AvgIpc) is 2.66. The first kappa shape index (κ1) is 13.4. The third-order valence-corrected chi connectivity index (χ3v) is 3.12. The topological polar surface area (TPSA) is 62.7 Å². The molecule has 1 rings (SSSR count).